The molecule has 7 heteroatoms. The summed E-state index contributed by atoms with van der Waals surface area (Å²) in [6.07, 6.45) is 2.42. The van der Waals surface area contributed by atoms with Crippen LogP contribution in [0, 0.1) is 5.92 Å². The minimum Gasteiger partial charge on any atom is -0.351 e. The molecule has 0 aromatic carbocycles. The van der Waals surface area contributed by atoms with E-state index in [2.05, 4.69) is 15.6 Å². The molecule has 5 nitrogen and oxygen atoms in total. The summed E-state index contributed by atoms with van der Waals surface area (Å²) in [4.78, 5) is 26.7. The summed E-state index contributed by atoms with van der Waals surface area (Å²) >= 11 is 0. The van der Waals surface area contributed by atoms with Gasteiger partial charge in [-0.3, -0.25) is 9.59 Å². The fourth-order valence-electron chi connectivity index (χ4n) is 3.11. The van der Waals surface area contributed by atoms with Gasteiger partial charge in [-0.2, -0.15) is 0 Å². The van der Waals surface area contributed by atoms with E-state index in [9.17, 15) is 18.4 Å². The number of amides is 1. The Hall–Kier alpha value is -1.76. The standard InChI is InChI=1S/C15H19F2N3O2/c16-15(17)4-5-18-8-11(15)14(22)19-7-10-6-9-2-1-3-12(9)20-13(10)21/h6,11,18H,1-5,7-8H2,(H,19,22)(H,20,21). The van der Waals surface area contributed by atoms with Crippen molar-refractivity contribution in [2.24, 2.45) is 5.92 Å². The van der Waals surface area contributed by atoms with Crippen LogP contribution in [0.2, 0.25) is 0 Å². The van der Waals surface area contributed by atoms with Crippen LogP contribution < -0.4 is 16.2 Å². The second-order valence-electron chi connectivity index (χ2n) is 5.97. The van der Waals surface area contributed by atoms with Crippen LogP contribution in [0.4, 0.5) is 8.78 Å². The lowest BCUT2D eigenvalue weighted by Gasteiger charge is -2.30. The van der Waals surface area contributed by atoms with E-state index in [0.717, 1.165) is 30.5 Å². The molecule has 120 valence electrons. The summed E-state index contributed by atoms with van der Waals surface area (Å²) in [6.45, 7) is 0.147. The van der Waals surface area contributed by atoms with Gasteiger partial charge in [-0.1, -0.05) is 0 Å². The number of hydrogen-bond donors (Lipinski definition) is 3. The predicted octanol–water partition coefficient (Wildman–Crippen LogP) is 0.725. The fourth-order valence-corrected chi connectivity index (χ4v) is 3.11. The molecule has 0 radical (unpaired) electrons. The van der Waals surface area contributed by atoms with E-state index in [1.807, 2.05) is 0 Å². The number of aryl methyl sites for hydroxylation is 2. The van der Waals surface area contributed by atoms with Gasteiger partial charge in [-0.15, -0.1) is 0 Å². The molecule has 22 heavy (non-hydrogen) atoms. The number of nitrogens with one attached hydrogen (secondary N) is 3. The summed E-state index contributed by atoms with van der Waals surface area (Å²) in [5.74, 6) is -5.09. The predicted molar refractivity (Wildman–Crippen MR) is 76.9 cm³/mol. The van der Waals surface area contributed by atoms with Crippen molar-refractivity contribution in [3.8, 4) is 0 Å². The van der Waals surface area contributed by atoms with Crippen LogP contribution in [-0.2, 0) is 24.2 Å². The molecule has 2 aliphatic rings. The Morgan fingerprint density at radius 3 is 3.00 bits per heavy atom. The summed E-state index contributed by atoms with van der Waals surface area (Å²) < 4.78 is 27.5. The quantitative estimate of drug-likeness (QED) is 0.770. The summed E-state index contributed by atoms with van der Waals surface area (Å²) in [5, 5.41) is 5.28. The van der Waals surface area contributed by atoms with Crippen molar-refractivity contribution in [2.45, 2.75) is 38.2 Å². The number of pyridine rings is 1. The van der Waals surface area contributed by atoms with Gasteiger partial charge in [0.15, 0.2) is 0 Å². The van der Waals surface area contributed by atoms with Crippen LogP contribution in [0.25, 0.3) is 0 Å². The van der Waals surface area contributed by atoms with Crippen LogP contribution in [0.15, 0.2) is 10.9 Å². The molecule has 2 heterocycles. The Morgan fingerprint density at radius 2 is 2.23 bits per heavy atom. The van der Waals surface area contributed by atoms with Gasteiger partial charge in [0.05, 0.1) is 0 Å². The fraction of sp³-hybridized carbons (Fsp3) is 0.600. The molecule has 1 aliphatic heterocycles. The first-order chi connectivity index (χ1) is 10.5. The van der Waals surface area contributed by atoms with Crippen molar-refractivity contribution in [3.05, 3.63) is 33.2 Å². The highest BCUT2D eigenvalue weighted by Crippen LogP contribution is 2.30. The Balaban J connectivity index is 1.67. The van der Waals surface area contributed by atoms with Crippen molar-refractivity contribution in [1.82, 2.24) is 15.6 Å². The highest BCUT2D eigenvalue weighted by atomic mass is 19.3. The molecule has 0 bridgehead atoms. The maximum Gasteiger partial charge on any atom is 0.262 e. The average Bonchev–Trinajstić information content (AvgIpc) is 2.91. The molecule has 0 saturated carbocycles. The molecule has 0 spiro atoms. The molecule has 3 rings (SSSR count). The van der Waals surface area contributed by atoms with E-state index in [0.29, 0.717) is 5.56 Å². The maximum absolute atomic E-state index is 13.7. The number of piperidine rings is 1. The smallest absolute Gasteiger partial charge is 0.262 e. The number of rotatable bonds is 3. The largest absolute Gasteiger partial charge is 0.351 e. The molecule has 1 aromatic rings. The third kappa shape index (κ3) is 2.90. The molecular weight excluding hydrogens is 292 g/mol. The van der Waals surface area contributed by atoms with Crippen molar-refractivity contribution < 1.29 is 13.6 Å². The lowest BCUT2D eigenvalue weighted by Crippen LogP contribution is -2.51. The van der Waals surface area contributed by atoms with E-state index in [4.69, 9.17) is 0 Å². The van der Waals surface area contributed by atoms with Crippen molar-refractivity contribution >= 4 is 5.91 Å². The van der Waals surface area contributed by atoms with Gasteiger partial charge in [0.25, 0.3) is 11.5 Å². The van der Waals surface area contributed by atoms with Crippen molar-refractivity contribution in [2.75, 3.05) is 13.1 Å². The molecular formula is C15H19F2N3O2. The third-order valence-electron chi connectivity index (χ3n) is 4.43. The molecule has 1 fully saturated rings. The topological polar surface area (TPSA) is 74.0 Å². The van der Waals surface area contributed by atoms with Gasteiger partial charge >= 0.3 is 0 Å². The molecule has 1 aliphatic carbocycles. The van der Waals surface area contributed by atoms with Gasteiger partial charge in [0.2, 0.25) is 5.91 Å². The number of aromatic nitrogens is 1. The lowest BCUT2D eigenvalue weighted by molar-refractivity contribution is -0.143. The molecule has 1 amide bonds. The zero-order valence-electron chi connectivity index (χ0n) is 12.2. The van der Waals surface area contributed by atoms with Crippen LogP contribution in [0.1, 0.15) is 29.7 Å². The van der Waals surface area contributed by atoms with E-state index in [-0.39, 0.29) is 31.6 Å². The van der Waals surface area contributed by atoms with Gasteiger partial charge in [-0.25, -0.2) is 8.78 Å². The zero-order chi connectivity index (χ0) is 15.7. The summed E-state index contributed by atoms with van der Waals surface area (Å²) in [5.41, 5.74) is 2.19. The first-order valence-corrected chi connectivity index (χ1v) is 7.57. The third-order valence-corrected chi connectivity index (χ3v) is 4.43. The molecule has 1 saturated heterocycles. The number of alkyl halides is 2. The monoisotopic (exact) mass is 311 g/mol. The van der Waals surface area contributed by atoms with Gasteiger partial charge in [0.1, 0.15) is 5.92 Å². The van der Waals surface area contributed by atoms with E-state index in [1.165, 1.54) is 0 Å². The number of carbonyl (C=O) groups excluding carboxylic acids is 1. The van der Waals surface area contributed by atoms with Crippen molar-refractivity contribution in [1.29, 1.82) is 0 Å². The van der Waals surface area contributed by atoms with Gasteiger partial charge < -0.3 is 15.6 Å². The summed E-state index contributed by atoms with van der Waals surface area (Å²) in [7, 11) is 0. The minimum absolute atomic E-state index is 0.0198. The van der Waals surface area contributed by atoms with Gasteiger partial charge in [-0.05, 0) is 30.9 Å². The number of fused-ring (bicyclic) bond motifs is 1. The Kier molecular flexibility index (Phi) is 3.99. The van der Waals surface area contributed by atoms with Crippen LogP contribution in [0.3, 0.4) is 0 Å². The van der Waals surface area contributed by atoms with E-state index < -0.39 is 17.7 Å². The number of H-pyrrole nitrogens is 1. The van der Waals surface area contributed by atoms with Gasteiger partial charge in [0, 0.05) is 37.3 Å². The van der Waals surface area contributed by atoms with Crippen LogP contribution in [-0.4, -0.2) is 29.9 Å². The van der Waals surface area contributed by atoms with E-state index in [1.54, 1.807) is 6.07 Å². The normalized spacial score (nSPS) is 23.1. The van der Waals surface area contributed by atoms with E-state index >= 15 is 0 Å². The maximum atomic E-state index is 13.7. The first-order valence-electron chi connectivity index (χ1n) is 7.57. The zero-order valence-corrected chi connectivity index (χ0v) is 12.2. The highest BCUT2D eigenvalue weighted by molar-refractivity contribution is 5.80. The first kappa shape index (κ1) is 15.1. The lowest BCUT2D eigenvalue weighted by atomic mass is 9.94. The minimum atomic E-state index is -3.00. The Labute approximate surface area is 126 Å². The number of carbonyl (C=O) groups is 1. The highest BCUT2D eigenvalue weighted by Gasteiger charge is 2.45. The molecule has 1 unspecified atom stereocenters. The van der Waals surface area contributed by atoms with Crippen LogP contribution >= 0.6 is 0 Å². The Bertz CT molecular complexity index is 642. The van der Waals surface area contributed by atoms with Crippen LogP contribution in [0.5, 0.6) is 0 Å². The molecule has 1 aromatic heterocycles. The molecule has 3 N–H and O–H groups in total. The second kappa shape index (κ2) is 5.79. The number of aromatic amines is 1. The van der Waals surface area contributed by atoms with Crippen molar-refractivity contribution in [3.63, 3.8) is 0 Å². The second-order valence-corrected chi connectivity index (χ2v) is 5.97. The summed E-state index contributed by atoms with van der Waals surface area (Å²) in [6, 6.07) is 1.78. The number of hydrogen-bond acceptors (Lipinski definition) is 3. The Morgan fingerprint density at radius 1 is 1.41 bits per heavy atom. The number of halogens is 2. The SMILES string of the molecule is O=C(NCc1cc2c([nH]c1=O)CCC2)C1CNCCC1(F)F. The average molecular weight is 311 g/mol. The molecule has 1 atom stereocenters.